The molecular formula is C68H124N12O14. The summed E-state index contributed by atoms with van der Waals surface area (Å²) in [6.45, 7) is 33.1. The Kier molecular flexibility index (Phi) is 35.1. The Morgan fingerprint density at radius 2 is 0.957 bits per heavy atom. The van der Waals surface area contributed by atoms with E-state index in [-0.39, 0.29) is 50.0 Å². The van der Waals surface area contributed by atoms with Crippen molar-refractivity contribution >= 4 is 65.0 Å². The molecule has 94 heavy (non-hydrogen) atoms. The summed E-state index contributed by atoms with van der Waals surface area (Å²) < 4.78 is 11.7. The van der Waals surface area contributed by atoms with Gasteiger partial charge in [-0.15, -0.1) is 0 Å². The van der Waals surface area contributed by atoms with Crippen LogP contribution in [0.5, 0.6) is 0 Å². The van der Waals surface area contributed by atoms with E-state index in [1.807, 2.05) is 48.5 Å². The molecule has 2 aliphatic rings. The third-order valence-corrected chi connectivity index (χ3v) is 18.6. The lowest BCUT2D eigenvalue weighted by molar-refractivity contribution is -0.157. The lowest BCUT2D eigenvalue weighted by Crippen LogP contribution is -2.64. The van der Waals surface area contributed by atoms with Gasteiger partial charge in [0.2, 0.25) is 65.0 Å². The molecule has 14 atom stereocenters. The largest absolute Gasteiger partial charge is 0.390 e. The number of hydrogen-bond acceptors (Lipinski definition) is 15. The molecule has 0 bridgehead atoms. The van der Waals surface area contributed by atoms with Crippen molar-refractivity contribution in [2.45, 2.75) is 235 Å². The number of nitrogens with one attached hydrogen (secondary N) is 4. The van der Waals surface area contributed by atoms with Crippen LogP contribution in [0.3, 0.4) is 0 Å². The minimum Gasteiger partial charge on any atom is -0.390 e. The van der Waals surface area contributed by atoms with Gasteiger partial charge in [0, 0.05) is 74.9 Å². The quantitative estimate of drug-likeness (QED) is 0.110. The molecule has 2 saturated heterocycles. The van der Waals surface area contributed by atoms with E-state index in [1.165, 1.54) is 94.6 Å². The average molecular weight is 1330 g/mol. The zero-order chi connectivity index (χ0) is 72.1. The zero-order valence-electron chi connectivity index (χ0n) is 61.7. The molecule has 0 aliphatic carbocycles. The first-order valence-corrected chi connectivity index (χ1v) is 34.4. The lowest BCUT2D eigenvalue weighted by atomic mass is 9.90. The van der Waals surface area contributed by atoms with E-state index >= 15 is 24.0 Å². The van der Waals surface area contributed by atoms with Gasteiger partial charge >= 0.3 is 0 Å². The SMILES string of the molecule is CCCC[C@@H](C)[C@@H](O)[C@H]1C(=O)N[C@@H](CC)C(=O)N(C)[C@H](C)C(=O)N(C)[C@@H]([C@H](C)COCCN2CCOCC2)C(=O)N[C@@H](C(C)C)C(=O)N(C)[C@@H](CC(C)C)C(=O)N[C@@H](C)C(=O)N[C@H](C)C(=O)N(C)[C@@H](CC(C)C)C(=O)N(C)[C@@H](CC(C)C)C(=O)N(C)[C@@H](C(C)C)C(=O)N1C. The Bertz CT molecular complexity index is 2510. The Hall–Kier alpha value is -5.99. The van der Waals surface area contributed by atoms with E-state index in [0.29, 0.717) is 39.2 Å². The first-order valence-electron chi connectivity index (χ1n) is 34.4. The van der Waals surface area contributed by atoms with Crippen molar-refractivity contribution in [1.29, 1.82) is 0 Å². The van der Waals surface area contributed by atoms with E-state index in [9.17, 15) is 33.9 Å². The van der Waals surface area contributed by atoms with Crippen LogP contribution < -0.4 is 21.3 Å². The Balaban J connectivity index is 3.01. The van der Waals surface area contributed by atoms with Gasteiger partial charge in [-0.2, -0.15) is 0 Å². The summed E-state index contributed by atoms with van der Waals surface area (Å²) in [5, 5.41) is 23.4. The van der Waals surface area contributed by atoms with E-state index in [0.717, 1.165) is 29.3 Å². The minimum absolute atomic E-state index is 0.000765. The molecule has 0 unspecified atom stereocenters. The maximum absolute atomic E-state index is 15.3. The van der Waals surface area contributed by atoms with Gasteiger partial charge in [-0.1, -0.05) is 110 Å². The summed E-state index contributed by atoms with van der Waals surface area (Å²) in [5.74, 6) is -10.5. The molecule has 11 amide bonds. The third kappa shape index (κ3) is 23.4. The van der Waals surface area contributed by atoms with Crippen molar-refractivity contribution in [3.8, 4) is 0 Å². The van der Waals surface area contributed by atoms with Gasteiger partial charge in [0.1, 0.15) is 66.5 Å². The van der Waals surface area contributed by atoms with Crippen molar-refractivity contribution in [1.82, 2.24) is 60.5 Å². The van der Waals surface area contributed by atoms with Crippen LogP contribution in [-0.4, -0.2) is 277 Å². The second kappa shape index (κ2) is 39.3. The molecule has 26 heteroatoms. The third-order valence-electron chi connectivity index (χ3n) is 18.6. The van der Waals surface area contributed by atoms with Crippen molar-refractivity contribution in [3.63, 3.8) is 0 Å². The number of nitrogens with zero attached hydrogens (tertiary/aromatic N) is 8. The first-order chi connectivity index (χ1) is 43.7. The summed E-state index contributed by atoms with van der Waals surface area (Å²) in [6.07, 6.45) is 0.901. The predicted octanol–water partition coefficient (Wildman–Crippen LogP) is 2.82. The molecule has 0 aromatic heterocycles. The van der Waals surface area contributed by atoms with Crippen molar-refractivity contribution in [2.75, 3.05) is 95.4 Å². The molecule has 0 radical (unpaired) electrons. The number of amides is 11. The number of morpholine rings is 1. The maximum atomic E-state index is 15.3. The van der Waals surface area contributed by atoms with Crippen LogP contribution in [0.4, 0.5) is 0 Å². The molecule has 26 nitrogen and oxygen atoms in total. The molecule has 0 aromatic rings. The standard InChI is InChI=1S/C68H124N12O14/c1-25-27-28-44(13)57(81)56-61(85)71-49(26-2)64(88)73(18)48(17)63(87)78(23)55(45(14)38-94-34-31-80-29-32-93-33-30-80)60(84)72-53(42(9)10)67(91)74(19)50(35-39(3)4)59(83)69-46(15)58(82)70-47(16)62(86)75(20)51(36-40(5)6)65(89)76(21)52(37-41(7)8)66(90)77(22)54(43(11)12)68(92)79(56)24/h39-57,81H,25-38H2,1-24H3,(H,69,83)(H,70,82)(H,71,85)(H,72,84)/t44-,45-,46+,47-,48-,49+,50+,51+,52+,53+,54+,55+,56+,57-/m1/s1. The summed E-state index contributed by atoms with van der Waals surface area (Å²) in [4.78, 5) is 174. The summed E-state index contributed by atoms with van der Waals surface area (Å²) in [7, 11) is 9.98. The van der Waals surface area contributed by atoms with Gasteiger partial charge in [0.05, 0.1) is 32.5 Å². The molecule has 5 N–H and O–H groups in total. The van der Waals surface area contributed by atoms with Crippen LogP contribution in [0.2, 0.25) is 0 Å². The number of carbonyl (C=O) groups excluding carboxylic acids is 11. The van der Waals surface area contributed by atoms with Gasteiger partial charge in [0.25, 0.3) is 0 Å². The van der Waals surface area contributed by atoms with E-state index in [1.54, 1.807) is 48.5 Å². The monoisotopic (exact) mass is 1330 g/mol. The molecule has 2 aliphatic heterocycles. The van der Waals surface area contributed by atoms with Gasteiger partial charge in [-0.3, -0.25) is 57.6 Å². The fourth-order valence-corrected chi connectivity index (χ4v) is 12.4. The summed E-state index contributed by atoms with van der Waals surface area (Å²) >= 11 is 0. The first kappa shape index (κ1) is 84.1. The normalized spacial score (nSPS) is 27.7. The van der Waals surface area contributed by atoms with Crippen molar-refractivity contribution < 1.29 is 67.3 Å². The van der Waals surface area contributed by atoms with E-state index < -0.39 is 161 Å². The molecule has 0 spiro atoms. The van der Waals surface area contributed by atoms with E-state index in [2.05, 4.69) is 26.2 Å². The van der Waals surface area contributed by atoms with Crippen molar-refractivity contribution in [3.05, 3.63) is 0 Å². The summed E-state index contributed by atoms with van der Waals surface area (Å²) in [5.41, 5.74) is 0. The molecule has 2 heterocycles. The number of aliphatic hydroxyl groups is 1. The fraction of sp³-hybridized carbons (Fsp3) is 0.838. The van der Waals surface area contributed by atoms with Crippen LogP contribution in [0.25, 0.3) is 0 Å². The Morgan fingerprint density at radius 3 is 1.46 bits per heavy atom. The summed E-state index contributed by atoms with van der Waals surface area (Å²) in [6, 6.07) is -13.9. The van der Waals surface area contributed by atoms with Gasteiger partial charge < -0.3 is 70.1 Å². The molecule has 2 rings (SSSR count). The Labute approximate surface area is 562 Å². The van der Waals surface area contributed by atoms with Crippen LogP contribution >= 0.6 is 0 Å². The smallest absolute Gasteiger partial charge is 0.246 e. The Morgan fingerprint density at radius 1 is 0.489 bits per heavy atom. The molecule has 0 saturated carbocycles. The molecular weight excluding hydrogens is 1210 g/mol. The number of rotatable bonds is 20. The van der Waals surface area contributed by atoms with Crippen LogP contribution in [0.15, 0.2) is 0 Å². The fourth-order valence-electron chi connectivity index (χ4n) is 12.4. The predicted molar refractivity (Wildman–Crippen MR) is 361 cm³/mol. The van der Waals surface area contributed by atoms with Gasteiger partial charge in [0.15, 0.2) is 0 Å². The molecule has 540 valence electrons. The number of hydrogen-bond donors (Lipinski definition) is 5. The number of likely N-dealkylation sites (N-methyl/N-ethyl adjacent to an activating group) is 7. The number of carbonyl (C=O) groups is 11. The highest BCUT2D eigenvalue weighted by Gasteiger charge is 2.46. The minimum atomic E-state index is -1.60. The average Bonchev–Trinajstić information content (AvgIpc) is 0.969. The van der Waals surface area contributed by atoms with E-state index in [4.69, 9.17) is 9.47 Å². The second-order valence-corrected chi connectivity index (χ2v) is 28.6. The van der Waals surface area contributed by atoms with Crippen LogP contribution in [-0.2, 0) is 62.2 Å². The maximum Gasteiger partial charge on any atom is 0.246 e. The number of aliphatic hydroxyl groups excluding tert-OH is 1. The van der Waals surface area contributed by atoms with Gasteiger partial charge in [-0.25, -0.2) is 0 Å². The second-order valence-electron chi connectivity index (χ2n) is 28.6. The number of unbranched alkanes of at least 4 members (excludes halogenated alkanes) is 1. The highest BCUT2D eigenvalue weighted by molar-refractivity contribution is 6.00. The lowest BCUT2D eigenvalue weighted by Gasteiger charge is -2.41. The zero-order valence-corrected chi connectivity index (χ0v) is 61.7. The highest BCUT2D eigenvalue weighted by atomic mass is 16.5. The van der Waals surface area contributed by atoms with Crippen molar-refractivity contribution in [2.24, 2.45) is 41.4 Å². The topological polar surface area (TPSA) is 300 Å². The molecule has 2 fully saturated rings. The molecule has 0 aromatic carbocycles. The highest BCUT2D eigenvalue weighted by Crippen LogP contribution is 2.26. The van der Waals surface area contributed by atoms with Gasteiger partial charge in [-0.05, 0) is 88.4 Å². The van der Waals surface area contributed by atoms with Crippen LogP contribution in [0.1, 0.15) is 163 Å². The van der Waals surface area contributed by atoms with Crippen LogP contribution in [0, 0.1) is 41.4 Å². The number of ether oxygens (including phenoxy) is 2.